The molecule has 2 N–H and O–H groups in total. The highest BCUT2D eigenvalue weighted by atomic mass is 19.3. The normalized spacial score (nSPS) is 9.89. The molecule has 0 bridgehead atoms. The number of hydrogen-bond acceptors (Lipinski definition) is 4. The van der Waals surface area contributed by atoms with Gasteiger partial charge in [0.15, 0.2) is 0 Å². The molecule has 2 amide bonds. The van der Waals surface area contributed by atoms with Crippen molar-refractivity contribution < 1.29 is 27.8 Å². The van der Waals surface area contributed by atoms with Gasteiger partial charge in [-0.2, -0.15) is 8.78 Å². The molecule has 1 aromatic rings. The van der Waals surface area contributed by atoms with Crippen molar-refractivity contribution in [2.75, 3.05) is 19.0 Å². The Morgan fingerprint density at radius 2 is 2.00 bits per heavy atom. The van der Waals surface area contributed by atoms with Crippen LogP contribution in [0.1, 0.15) is 0 Å². The molecule has 8 heteroatoms. The van der Waals surface area contributed by atoms with Gasteiger partial charge in [-0.25, -0.2) is 4.79 Å². The van der Waals surface area contributed by atoms with E-state index in [1.807, 2.05) is 0 Å². The maximum Gasteiger partial charge on any atom is 0.407 e. The van der Waals surface area contributed by atoms with Crippen molar-refractivity contribution >= 4 is 17.7 Å². The van der Waals surface area contributed by atoms with Gasteiger partial charge in [0.1, 0.15) is 12.3 Å². The molecule has 1 aromatic carbocycles. The topological polar surface area (TPSA) is 76.7 Å². The molecule has 0 heterocycles. The van der Waals surface area contributed by atoms with E-state index < -0.39 is 18.6 Å². The lowest BCUT2D eigenvalue weighted by atomic mass is 10.3. The Labute approximate surface area is 107 Å². The highest BCUT2D eigenvalue weighted by Crippen LogP contribution is 2.25. The van der Waals surface area contributed by atoms with E-state index in [1.165, 1.54) is 18.2 Å². The van der Waals surface area contributed by atoms with Crippen LogP contribution in [0.5, 0.6) is 5.75 Å². The third kappa shape index (κ3) is 5.19. The number of methoxy groups -OCH3 is 1. The first-order chi connectivity index (χ1) is 9.02. The predicted octanol–water partition coefficient (Wildman–Crippen LogP) is 1.58. The number of carbonyl (C=O) groups excluding carboxylic acids is 2. The molecular weight excluding hydrogens is 262 g/mol. The Morgan fingerprint density at radius 3 is 2.63 bits per heavy atom. The van der Waals surface area contributed by atoms with Crippen LogP contribution < -0.4 is 15.4 Å². The van der Waals surface area contributed by atoms with Crippen LogP contribution in [-0.4, -0.2) is 32.3 Å². The van der Waals surface area contributed by atoms with Crippen molar-refractivity contribution in [3.05, 3.63) is 24.3 Å². The number of rotatable bonds is 5. The van der Waals surface area contributed by atoms with Crippen LogP contribution in [0.4, 0.5) is 19.3 Å². The van der Waals surface area contributed by atoms with Gasteiger partial charge in [-0.3, -0.25) is 4.79 Å². The minimum atomic E-state index is -2.99. The second kappa shape index (κ2) is 7.14. The predicted molar refractivity (Wildman–Crippen MR) is 62.1 cm³/mol. The van der Waals surface area contributed by atoms with Gasteiger partial charge in [-0.1, -0.05) is 12.1 Å². The Morgan fingerprint density at radius 1 is 1.32 bits per heavy atom. The van der Waals surface area contributed by atoms with Gasteiger partial charge in [-0.05, 0) is 12.1 Å². The quantitative estimate of drug-likeness (QED) is 0.854. The maximum atomic E-state index is 12.1. The highest BCUT2D eigenvalue weighted by Gasteiger charge is 2.12. The lowest BCUT2D eigenvalue weighted by Crippen LogP contribution is -2.32. The number of benzene rings is 1. The van der Waals surface area contributed by atoms with Gasteiger partial charge in [0.25, 0.3) is 0 Å². The van der Waals surface area contributed by atoms with Crippen LogP contribution >= 0.6 is 0 Å². The molecule has 0 saturated carbocycles. The fourth-order valence-corrected chi connectivity index (χ4v) is 1.19. The Hall–Kier alpha value is -2.38. The van der Waals surface area contributed by atoms with Crippen LogP contribution in [0.15, 0.2) is 24.3 Å². The number of alkyl carbamates (subject to hydrolysis) is 1. The number of nitrogens with one attached hydrogen (secondary N) is 2. The molecule has 0 aliphatic heterocycles. The maximum absolute atomic E-state index is 12.1. The summed E-state index contributed by atoms with van der Waals surface area (Å²) in [5.41, 5.74) is 0.0828. The fourth-order valence-electron chi connectivity index (χ4n) is 1.19. The summed E-state index contributed by atoms with van der Waals surface area (Å²) in [6, 6.07) is 5.71. The zero-order valence-corrected chi connectivity index (χ0v) is 9.98. The van der Waals surface area contributed by atoms with Gasteiger partial charge in [0.05, 0.1) is 12.8 Å². The lowest BCUT2D eigenvalue weighted by molar-refractivity contribution is -0.115. The summed E-state index contributed by atoms with van der Waals surface area (Å²) in [7, 11) is 1.15. The third-order valence-corrected chi connectivity index (χ3v) is 1.96. The first kappa shape index (κ1) is 14.7. The molecule has 0 aliphatic carbocycles. The van der Waals surface area contributed by atoms with E-state index in [4.69, 9.17) is 0 Å². The van der Waals surface area contributed by atoms with Gasteiger partial charge in [0.2, 0.25) is 5.91 Å². The van der Waals surface area contributed by atoms with Crippen LogP contribution in [-0.2, 0) is 9.53 Å². The molecule has 0 unspecified atom stereocenters. The first-order valence-corrected chi connectivity index (χ1v) is 5.18. The van der Waals surface area contributed by atoms with Crippen molar-refractivity contribution in [1.29, 1.82) is 0 Å². The van der Waals surface area contributed by atoms with Crippen LogP contribution in [0, 0.1) is 0 Å². The third-order valence-electron chi connectivity index (χ3n) is 1.96. The van der Waals surface area contributed by atoms with Gasteiger partial charge >= 0.3 is 12.7 Å². The molecular formula is C11H12F2N2O4. The van der Waals surface area contributed by atoms with E-state index in [0.29, 0.717) is 0 Å². The summed E-state index contributed by atoms with van der Waals surface area (Å²) in [5.74, 6) is -0.764. The van der Waals surface area contributed by atoms with Crippen LogP contribution in [0.2, 0.25) is 0 Å². The Bertz CT molecular complexity index is 454. The average Bonchev–Trinajstić information content (AvgIpc) is 2.37. The molecule has 19 heavy (non-hydrogen) atoms. The number of anilines is 1. The largest absolute Gasteiger partial charge is 0.453 e. The minimum Gasteiger partial charge on any atom is -0.453 e. The van der Waals surface area contributed by atoms with E-state index in [9.17, 15) is 18.4 Å². The number of hydrogen-bond donors (Lipinski definition) is 2. The van der Waals surface area contributed by atoms with E-state index in [1.54, 1.807) is 6.07 Å². The summed E-state index contributed by atoms with van der Waals surface area (Å²) in [5, 5.41) is 4.48. The minimum absolute atomic E-state index is 0.0828. The van der Waals surface area contributed by atoms with E-state index >= 15 is 0 Å². The number of para-hydroxylation sites is 2. The molecule has 6 nitrogen and oxygen atoms in total. The molecule has 0 radical (unpaired) electrons. The highest BCUT2D eigenvalue weighted by molar-refractivity contribution is 5.95. The van der Waals surface area contributed by atoms with Gasteiger partial charge < -0.3 is 20.1 Å². The fraction of sp³-hybridized carbons (Fsp3) is 0.273. The summed E-state index contributed by atoms with van der Waals surface area (Å²) < 4.78 is 32.8. The standard InChI is InChI=1S/C11H12F2N2O4/c1-18-11(17)14-6-9(16)15-7-4-2-3-5-8(7)19-10(12)13/h2-5,10H,6H2,1H3,(H,14,17)(H,15,16). The average molecular weight is 274 g/mol. The molecule has 0 atom stereocenters. The molecule has 0 saturated heterocycles. The van der Waals surface area contributed by atoms with Crippen molar-refractivity contribution in [3.63, 3.8) is 0 Å². The Balaban J connectivity index is 2.61. The summed E-state index contributed by atoms with van der Waals surface area (Å²) in [4.78, 5) is 22.2. The molecule has 0 fully saturated rings. The van der Waals surface area contributed by atoms with E-state index in [0.717, 1.165) is 7.11 Å². The SMILES string of the molecule is COC(=O)NCC(=O)Nc1ccccc1OC(F)F. The van der Waals surface area contributed by atoms with Crippen LogP contribution in [0.25, 0.3) is 0 Å². The van der Waals surface area contributed by atoms with Gasteiger partial charge in [0, 0.05) is 0 Å². The summed E-state index contributed by atoms with van der Waals surface area (Å²) in [6.07, 6.45) is -0.771. The zero-order valence-electron chi connectivity index (χ0n) is 9.98. The lowest BCUT2D eigenvalue weighted by Gasteiger charge is -2.11. The summed E-state index contributed by atoms with van der Waals surface area (Å²) in [6.45, 7) is -3.35. The number of ether oxygens (including phenoxy) is 2. The van der Waals surface area contributed by atoms with Crippen molar-refractivity contribution in [2.24, 2.45) is 0 Å². The van der Waals surface area contributed by atoms with E-state index in [2.05, 4.69) is 20.1 Å². The Kier molecular flexibility index (Phi) is 5.52. The monoisotopic (exact) mass is 274 g/mol. The molecule has 0 aliphatic rings. The second-order valence-corrected chi connectivity index (χ2v) is 3.27. The molecule has 104 valence electrons. The summed E-state index contributed by atoms with van der Waals surface area (Å²) >= 11 is 0. The number of halogens is 2. The van der Waals surface area contributed by atoms with Gasteiger partial charge in [-0.15, -0.1) is 0 Å². The zero-order chi connectivity index (χ0) is 14.3. The van der Waals surface area contributed by atoms with E-state index in [-0.39, 0.29) is 18.0 Å². The molecule has 0 aromatic heterocycles. The number of alkyl halides is 2. The molecule has 1 rings (SSSR count). The second-order valence-electron chi connectivity index (χ2n) is 3.27. The number of carbonyl (C=O) groups is 2. The molecule has 0 spiro atoms. The van der Waals surface area contributed by atoms with Crippen molar-refractivity contribution in [2.45, 2.75) is 6.61 Å². The van der Waals surface area contributed by atoms with Crippen molar-refractivity contribution in [1.82, 2.24) is 5.32 Å². The first-order valence-electron chi connectivity index (χ1n) is 5.18. The van der Waals surface area contributed by atoms with Crippen LogP contribution in [0.3, 0.4) is 0 Å². The number of amides is 2. The smallest absolute Gasteiger partial charge is 0.407 e. The van der Waals surface area contributed by atoms with Crippen molar-refractivity contribution in [3.8, 4) is 5.75 Å².